The minimum Gasteiger partial charge on any atom is -0.493 e. The molecule has 0 unspecified atom stereocenters. The molecule has 6 heteroatoms. The van der Waals surface area contributed by atoms with Crippen LogP contribution in [0.3, 0.4) is 0 Å². The van der Waals surface area contributed by atoms with E-state index in [0.717, 1.165) is 0 Å². The zero-order valence-corrected chi connectivity index (χ0v) is 10.1. The van der Waals surface area contributed by atoms with Gasteiger partial charge in [-0.2, -0.15) is 13.2 Å². The molecule has 0 aromatic heterocycles. The monoisotopic (exact) mass is 264 g/mol. The molecule has 0 saturated carbocycles. The SMILES string of the molecule is COc1cc([C@H](C)O)ccc1OCCC(F)(F)F. The number of hydrogen-bond acceptors (Lipinski definition) is 3. The topological polar surface area (TPSA) is 38.7 Å². The second-order valence-electron chi connectivity index (χ2n) is 3.80. The Labute approximate surface area is 103 Å². The maximum Gasteiger partial charge on any atom is 0.392 e. The Balaban J connectivity index is 2.71. The molecule has 1 atom stereocenters. The Morgan fingerprint density at radius 3 is 2.44 bits per heavy atom. The molecule has 1 aromatic rings. The summed E-state index contributed by atoms with van der Waals surface area (Å²) in [5, 5.41) is 9.37. The molecule has 1 N–H and O–H groups in total. The van der Waals surface area contributed by atoms with Crippen molar-refractivity contribution in [2.24, 2.45) is 0 Å². The molecule has 0 fully saturated rings. The summed E-state index contributed by atoms with van der Waals surface area (Å²) in [4.78, 5) is 0. The van der Waals surface area contributed by atoms with Crippen molar-refractivity contribution in [3.05, 3.63) is 23.8 Å². The summed E-state index contributed by atoms with van der Waals surface area (Å²) < 4.78 is 45.9. The van der Waals surface area contributed by atoms with E-state index in [0.29, 0.717) is 11.3 Å². The van der Waals surface area contributed by atoms with Gasteiger partial charge in [-0.1, -0.05) is 6.07 Å². The number of alkyl halides is 3. The van der Waals surface area contributed by atoms with Gasteiger partial charge in [-0.15, -0.1) is 0 Å². The van der Waals surface area contributed by atoms with Crippen LogP contribution in [0.1, 0.15) is 25.0 Å². The van der Waals surface area contributed by atoms with Crippen LogP contribution in [0, 0.1) is 0 Å². The first-order chi connectivity index (χ1) is 8.33. The van der Waals surface area contributed by atoms with Crippen molar-refractivity contribution in [1.29, 1.82) is 0 Å². The molecular weight excluding hydrogens is 249 g/mol. The molecule has 0 aliphatic rings. The van der Waals surface area contributed by atoms with Crippen molar-refractivity contribution in [3.8, 4) is 11.5 Å². The lowest BCUT2D eigenvalue weighted by molar-refractivity contribution is -0.139. The molecule has 102 valence electrons. The first-order valence-corrected chi connectivity index (χ1v) is 5.39. The van der Waals surface area contributed by atoms with Crippen molar-refractivity contribution >= 4 is 0 Å². The van der Waals surface area contributed by atoms with E-state index in [2.05, 4.69) is 0 Å². The Hall–Kier alpha value is -1.43. The quantitative estimate of drug-likeness (QED) is 0.888. The first-order valence-electron chi connectivity index (χ1n) is 5.39. The molecule has 0 saturated heterocycles. The second-order valence-corrected chi connectivity index (χ2v) is 3.80. The van der Waals surface area contributed by atoms with Crippen LogP contribution in [0.25, 0.3) is 0 Å². The normalized spacial score (nSPS) is 13.2. The molecule has 1 rings (SSSR count). The number of benzene rings is 1. The van der Waals surface area contributed by atoms with E-state index in [1.54, 1.807) is 13.0 Å². The number of aliphatic hydroxyl groups excluding tert-OH is 1. The minimum atomic E-state index is -4.24. The van der Waals surface area contributed by atoms with Gasteiger partial charge in [0.15, 0.2) is 11.5 Å². The zero-order valence-electron chi connectivity index (χ0n) is 10.1. The van der Waals surface area contributed by atoms with Gasteiger partial charge in [-0.25, -0.2) is 0 Å². The van der Waals surface area contributed by atoms with Crippen LogP contribution in [-0.4, -0.2) is 25.0 Å². The van der Waals surface area contributed by atoms with Gasteiger partial charge in [-0.3, -0.25) is 0 Å². The Morgan fingerprint density at radius 1 is 1.28 bits per heavy atom. The largest absolute Gasteiger partial charge is 0.493 e. The van der Waals surface area contributed by atoms with E-state index >= 15 is 0 Å². The Kier molecular flexibility index (Phi) is 4.84. The highest BCUT2D eigenvalue weighted by Gasteiger charge is 2.27. The Bertz CT molecular complexity index is 389. The molecule has 0 amide bonds. The van der Waals surface area contributed by atoms with Crippen LogP contribution in [0.5, 0.6) is 11.5 Å². The third-order valence-electron chi connectivity index (χ3n) is 2.31. The Morgan fingerprint density at radius 2 is 1.94 bits per heavy atom. The number of hydrogen-bond donors (Lipinski definition) is 1. The summed E-state index contributed by atoms with van der Waals surface area (Å²) in [7, 11) is 1.39. The fraction of sp³-hybridized carbons (Fsp3) is 0.500. The van der Waals surface area contributed by atoms with Crippen molar-refractivity contribution < 1.29 is 27.8 Å². The van der Waals surface area contributed by atoms with Gasteiger partial charge < -0.3 is 14.6 Å². The molecule has 3 nitrogen and oxygen atoms in total. The molecule has 1 aromatic carbocycles. The summed E-state index contributed by atoms with van der Waals surface area (Å²) in [5.74, 6) is 0.529. The van der Waals surface area contributed by atoms with Gasteiger partial charge >= 0.3 is 6.18 Å². The number of aliphatic hydroxyl groups is 1. The maximum atomic E-state index is 12.0. The predicted octanol–water partition coefficient (Wildman–Crippen LogP) is 3.08. The van der Waals surface area contributed by atoms with Crippen LogP contribution in [-0.2, 0) is 0 Å². The molecule has 0 aliphatic carbocycles. The van der Waals surface area contributed by atoms with E-state index in [1.807, 2.05) is 0 Å². The van der Waals surface area contributed by atoms with Crippen LogP contribution in [0.2, 0.25) is 0 Å². The number of methoxy groups -OCH3 is 1. The van der Waals surface area contributed by atoms with E-state index < -0.39 is 25.3 Å². The van der Waals surface area contributed by atoms with Crippen LogP contribution >= 0.6 is 0 Å². The van der Waals surface area contributed by atoms with E-state index in [1.165, 1.54) is 19.2 Å². The van der Waals surface area contributed by atoms with E-state index in [9.17, 15) is 18.3 Å². The van der Waals surface area contributed by atoms with Gasteiger partial charge in [-0.05, 0) is 24.6 Å². The maximum absolute atomic E-state index is 12.0. The molecule has 0 bridgehead atoms. The average molecular weight is 264 g/mol. The van der Waals surface area contributed by atoms with Crippen LogP contribution in [0.4, 0.5) is 13.2 Å². The second kappa shape index (κ2) is 5.95. The van der Waals surface area contributed by atoms with Crippen molar-refractivity contribution in [3.63, 3.8) is 0 Å². The van der Waals surface area contributed by atoms with E-state index in [4.69, 9.17) is 9.47 Å². The van der Waals surface area contributed by atoms with E-state index in [-0.39, 0.29) is 5.75 Å². The predicted molar refractivity (Wildman–Crippen MR) is 59.8 cm³/mol. The van der Waals surface area contributed by atoms with Gasteiger partial charge in [0.1, 0.15) is 0 Å². The number of halogens is 3. The molecular formula is C12H15F3O3. The highest BCUT2D eigenvalue weighted by molar-refractivity contribution is 5.43. The van der Waals surface area contributed by atoms with Crippen LogP contribution in [0.15, 0.2) is 18.2 Å². The molecule has 0 heterocycles. The third-order valence-corrected chi connectivity index (χ3v) is 2.31. The summed E-state index contributed by atoms with van der Waals surface area (Å²) in [6, 6.07) is 4.60. The lowest BCUT2D eigenvalue weighted by Gasteiger charge is -2.14. The molecule has 0 aliphatic heterocycles. The fourth-order valence-electron chi connectivity index (χ4n) is 1.34. The molecule has 0 spiro atoms. The van der Waals surface area contributed by atoms with Gasteiger partial charge in [0.2, 0.25) is 0 Å². The van der Waals surface area contributed by atoms with Crippen molar-refractivity contribution in [2.45, 2.75) is 25.6 Å². The standard InChI is InChI=1S/C12H15F3O3/c1-8(16)9-3-4-10(11(7-9)17-2)18-6-5-12(13,14)15/h3-4,7-8,16H,5-6H2,1-2H3/t8-/m0/s1. The van der Waals surface area contributed by atoms with Gasteiger partial charge in [0.25, 0.3) is 0 Å². The lowest BCUT2D eigenvalue weighted by Crippen LogP contribution is -2.13. The minimum absolute atomic E-state index is 0.228. The first kappa shape index (κ1) is 14.6. The highest BCUT2D eigenvalue weighted by atomic mass is 19.4. The fourth-order valence-corrected chi connectivity index (χ4v) is 1.34. The third kappa shape index (κ3) is 4.44. The highest BCUT2D eigenvalue weighted by Crippen LogP contribution is 2.31. The summed E-state index contributed by atoms with van der Waals surface area (Å²) in [6.07, 6.45) is -5.94. The summed E-state index contributed by atoms with van der Waals surface area (Å²) in [5.41, 5.74) is 0.607. The average Bonchev–Trinajstić information content (AvgIpc) is 2.27. The van der Waals surface area contributed by atoms with Gasteiger partial charge in [0, 0.05) is 0 Å². The summed E-state index contributed by atoms with van der Waals surface area (Å²) in [6.45, 7) is 1.12. The summed E-state index contributed by atoms with van der Waals surface area (Å²) >= 11 is 0. The zero-order chi connectivity index (χ0) is 13.8. The van der Waals surface area contributed by atoms with Gasteiger partial charge in [0.05, 0.1) is 26.2 Å². The van der Waals surface area contributed by atoms with Crippen molar-refractivity contribution in [2.75, 3.05) is 13.7 Å². The van der Waals surface area contributed by atoms with Crippen molar-refractivity contribution in [1.82, 2.24) is 0 Å². The number of ether oxygens (including phenoxy) is 2. The lowest BCUT2D eigenvalue weighted by atomic mass is 10.1. The molecule has 0 radical (unpaired) electrons. The number of rotatable bonds is 5. The molecule has 18 heavy (non-hydrogen) atoms. The smallest absolute Gasteiger partial charge is 0.392 e. The van der Waals surface area contributed by atoms with Crippen LogP contribution < -0.4 is 9.47 Å².